The molecule has 0 amide bonds. The number of ether oxygens (including phenoxy) is 2. The largest absolute Gasteiger partial charge is 0.393 e. The summed E-state index contributed by atoms with van der Waals surface area (Å²) in [6.07, 6.45) is 5.12. The lowest BCUT2D eigenvalue weighted by molar-refractivity contribution is -0.176. The zero-order valence-corrected chi connectivity index (χ0v) is 14.5. The lowest BCUT2D eigenvalue weighted by Gasteiger charge is -2.40. The fourth-order valence-corrected chi connectivity index (χ4v) is 4.35. The molecule has 2 fully saturated rings. The van der Waals surface area contributed by atoms with Crippen LogP contribution in [-0.4, -0.2) is 40.4 Å². The summed E-state index contributed by atoms with van der Waals surface area (Å²) < 4.78 is 11.9. The van der Waals surface area contributed by atoms with Crippen molar-refractivity contribution >= 4 is 0 Å². The minimum atomic E-state index is -1.08. The minimum absolute atomic E-state index is 0.0407. The van der Waals surface area contributed by atoms with E-state index in [4.69, 9.17) is 9.47 Å². The molecule has 22 heavy (non-hydrogen) atoms. The van der Waals surface area contributed by atoms with Crippen LogP contribution in [0, 0.1) is 17.8 Å². The van der Waals surface area contributed by atoms with Crippen molar-refractivity contribution in [3.63, 3.8) is 0 Å². The molecule has 0 aromatic heterocycles. The molecule has 4 heteroatoms. The summed E-state index contributed by atoms with van der Waals surface area (Å²) in [5, 5.41) is 21.0. The Kier molecular flexibility index (Phi) is 5.08. The fourth-order valence-electron chi connectivity index (χ4n) is 4.35. The topological polar surface area (TPSA) is 58.9 Å². The van der Waals surface area contributed by atoms with Gasteiger partial charge in [0, 0.05) is 0 Å². The second kappa shape index (κ2) is 6.23. The Balaban J connectivity index is 2.24. The SMILES string of the molecule is C=CC[C@H]1[C@@H](C)CC[C@@H]([C@@]2(C)COC(C)(C)O2)C[C@]1(O)CO. The normalized spacial score (nSPS) is 45.5. The van der Waals surface area contributed by atoms with E-state index in [1.165, 1.54) is 0 Å². The molecular weight excluding hydrogens is 280 g/mol. The Bertz CT molecular complexity index is 408. The van der Waals surface area contributed by atoms with Crippen molar-refractivity contribution in [3.8, 4) is 0 Å². The van der Waals surface area contributed by atoms with E-state index in [0.29, 0.717) is 18.9 Å². The molecule has 0 unspecified atom stereocenters. The molecule has 128 valence electrons. The third-order valence-electron chi connectivity index (χ3n) is 5.69. The lowest BCUT2D eigenvalue weighted by Crippen LogP contribution is -2.48. The van der Waals surface area contributed by atoms with Crippen LogP contribution in [0.4, 0.5) is 0 Å². The summed E-state index contributed by atoms with van der Waals surface area (Å²) in [4.78, 5) is 0. The Hall–Kier alpha value is -0.420. The Morgan fingerprint density at radius 3 is 2.45 bits per heavy atom. The van der Waals surface area contributed by atoms with Gasteiger partial charge in [-0.25, -0.2) is 0 Å². The van der Waals surface area contributed by atoms with Gasteiger partial charge in [-0.3, -0.25) is 0 Å². The van der Waals surface area contributed by atoms with Crippen LogP contribution in [0.1, 0.15) is 53.4 Å². The first-order valence-electron chi connectivity index (χ1n) is 8.44. The highest BCUT2D eigenvalue weighted by atomic mass is 16.8. The van der Waals surface area contributed by atoms with Gasteiger partial charge in [-0.05, 0) is 64.2 Å². The van der Waals surface area contributed by atoms with Gasteiger partial charge in [-0.1, -0.05) is 13.0 Å². The first kappa shape index (κ1) is 17.9. The van der Waals surface area contributed by atoms with Gasteiger partial charge in [0.25, 0.3) is 0 Å². The van der Waals surface area contributed by atoms with Crippen LogP contribution in [0.2, 0.25) is 0 Å². The molecular formula is C18H32O4. The first-order chi connectivity index (χ1) is 10.2. The zero-order chi connectivity index (χ0) is 16.6. The second-order valence-corrected chi connectivity index (χ2v) is 7.95. The van der Waals surface area contributed by atoms with Gasteiger partial charge >= 0.3 is 0 Å². The van der Waals surface area contributed by atoms with E-state index in [0.717, 1.165) is 19.3 Å². The van der Waals surface area contributed by atoms with E-state index in [-0.39, 0.29) is 18.4 Å². The fraction of sp³-hybridized carbons (Fsp3) is 0.889. The molecule has 1 saturated carbocycles. The molecule has 4 nitrogen and oxygen atoms in total. The number of hydrogen-bond donors (Lipinski definition) is 2. The van der Waals surface area contributed by atoms with Crippen molar-refractivity contribution < 1.29 is 19.7 Å². The molecule has 2 N–H and O–H groups in total. The molecule has 1 aliphatic carbocycles. The van der Waals surface area contributed by atoms with Crippen molar-refractivity contribution in [3.05, 3.63) is 12.7 Å². The summed E-state index contributed by atoms with van der Waals surface area (Å²) in [6.45, 7) is 12.2. The summed E-state index contributed by atoms with van der Waals surface area (Å²) >= 11 is 0. The van der Waals surface area contributed by atoms with Crippen LogP contribution < -0.4 is 0 Å². The van der Waals surface area contributed by atoms with Gasteiger partial charge in [0.05, 0.1) is 24.4 Å². The molecule has 0 radical (unpaired) electrons. The van der Waals surface area contributed by atoms with Crippen molar-refractivity contribution in [2.45, 2.75) is 70.4 Å². The van der Waals surface area contributed by atoms with Crippen LogP contribution in [0.25, 0.3) is 0 Å². The number of rotatable bonds is 4. The van der Waals surface area contributed by atoms with E-state index in [9.17, 15) is 10.2 Å². The van der Waals surface area contributed by atoms with Crippen molar-refractivity contribution in [2.75, 3.05) is 13.2 Å². The van der Waals surface area contributed by atoms with Gasteiger partial charge in [-0.2, -0.15) is 0 Å². The third kappa shape index (κ3) is 3.40. The Morgan fingerprint density at radius 2 is 1.95 bits per heavy atom. The molecule has 2 aliphatic rings. The maximum atomic E-state index is 11.1. The van der Waals surface area contributed by atoms with Gasteiger partial charge in [0.2, 0.25) is 0 Å². The number of aliphatic hydroxyl groups excluding tert-OH is 1. The summed E-state index contributed by atoms with van der Waals surface area (Å²) in [7, 11) is 0. The highest BCUT2D eigenvalue weighted by Crippen LogP contribution is 2.47. The van der Waals surface area contributed by atoms with Crippen molar-refractivity contribution in [1.82, 2.24) is 0 Å². The van der Waals surface area contributed by atoms with Gasteiger partial charge < -0.3 is 19.7 Å². The number of hydrogen-bond acceptors (Lipinski definition) is 4. The van der Waals surface area contributed by atoms with Crippen LogP contribution in [0.15, 0.2) is 12.7 Å². The predicted octanol–water partition coefficient (Wildman–Crippen LogP) is 2.88. The molecule has 0 aromatic rings. The van der Waals surface area contributed by atoms with Crippen LogP contribution in [-0.2, 0) is 9.47 Å². The van der Waals surface area contributed by atoms with Gasteiger partial charge in [0.15, 0.2) is 5.79 Å². The average molecular weight is 312 g/mol. The quantitative estimate of drug-likeness (QED) is 0.619. The number of allylic oxidation sites excluding steroid dienone is 1. The summed E-state index contributed by atoms with van der Waals surface area (Å²) in [5.74, 6) is -0.0217. The molecule has 0 spiro atoms. The van der Waals surface area contributed by atoms with Gasteiger partial charge in [0.1, 0.15) is 0 Å². The van der Waals surface area contributed by atoms with Crippen LogP contribution in [0.3, 0.4) is 0 Å². The molecule has 2 rings (SSSR count). The van der Waals surface area contributed by atoms with Crippen molar-refractivity contribution in [1.29, 1.82) is 0 Å². The van der Waals surface area contributed by atoms with Crippen LogP contribution >= 0.6 is 0 Å². The summed E-state index contributed by atoms with van der Waals surface area (Å²) in [6, 6.07) is 0. The predicted molar refractivity (Wildman–Crippen MR) is 86.4 cm³/mol. The molecule has 1 aliphatic heterocycles. The summed E-state index contributed by atoms with van der Waals surface area (Å²) in [5.41, 5.74) is -1.48. The smallest absolute Gasteiger partial charge is 0.163 e. The molecule has 1 heterocycles. The lowest BCUT2D eigenvalue weighted by atomic mass is 9.73. The standard InChI is InChI=1S/C18H32O4/c1-6-7-15-13(2)8-9-14(10-18(15,20)11-19)17(5)12-21-16(3,4)22-17/h6,13-15,19-20H,1,7-12H2,2-5H3/t13-,14+,15-,17+,18-/m0/s1. The maximum Gasteiger partial charge on any atom is 0.163 e. The van der Waals surface area contributed by atoms with Crippen LogP contribution in [0.5, 0.6) is 0 Å². The molecule has 0 bridgehead atoms. The average Bonchev–Trinajstić information content (AvgIpc) is 2.67. The third-order valence-corrected chi connectivity index (χ3v) is 5.69. The van der Waals surface area contributed by atoms with E-state index in [1.54, 1.807) is 0 Å². The van der Waals surface area contributed by atoms with E-state index in [1.807, 2.05) is 19.9 Å². The highest BCUT2D eigenvalue weighted by molar-refractivity contribution is 5.01. The van der Waals surface area contributed by atoms with E-state index in [2.05, 4.69) is 20.4 Å². The Labute approximate surface area is 134 Å². The second-order valence-electron chi connectivity index (χ2n) is 7.95. The van der Waals surface area contributed by atoms with Gasteiger partial charge in [-0.15, -0.1) is 6.58 Å². The first-order valence-corrected chi connectivity index (χ1v) is 8.44. The minimum Gasteiger partial charge on any atom is -0.393 e. The molecule has 0 aromatic carbocycles. The van der Waals surface area contributed by atoms with E-state index >= 15 is 0 Å². The van der Waals surface area contributed by atoms with Crippen molar-refractivity contribution in [2.24, 2.45) is 17.8 Å². The molecule has 5 atom stereocenters. The molecule has 1 saturated heterocycles. The Morgan fingerprint density at radius 1 is 1.27 bits per heavy atom. The maximum absolute atomic E-state index is 11.1. The number of aliphatic hydroxyl groups is 2. The monoisotopic (exact) mass is 312 g/mol. The zero-order valence-electron chi connectivity index (χ0n) is 14.5. The highest BCUT2D eigenvalue weighted by Gasteiger charge is 2.52. The van der Waals surface area contributed by atoms with E-state index < -0.39 is 17.0 Å².